The molecule has 24 heavy (non-hydrogen) atoms. The number of aromatic hydroxyl groups is 1. The Hall–Kier alpha value is -4.10. The van der Waals surface area contributed by atoms with Crippen LogP contribution in [0.5, 0.6) is 11.5 Å². The molecule has 0 radical (unpaired) electrons. The maximum absolute atomic E-state index is 12.1. The van der Waals surface area contributed by atoms with Crippen LogP contribution >= 0.6 is 0 Å². The zero-order valence-corrected chi connectivity index (χ0v) is 11.1. The molecule has 2 aromatic rings. The highest BCUT2D eigenvalue weighted by Gasteiger charge is 2.34. The monoisotopic (exact) mass is 339 g/mol. The molecule has 0 atom stereocenters. The van der Waals surface area contributed by atoms with Crippen LogP contribution in [0.25, 0.3) is 10.8 Å². The predicted octanol–water partition coefficient (Wildman–Crippen LogP) is 1.25. The third-order valence-corrected chi connectivity index (χ3v) is 3.04. The van der Waals surface area contributed by atoms with Gasteiger partial charge in [-0.3, -0.25) is 40.5 Å². The molecule has 2 rings (SSSR count). The Labute approximate surface area is 128 Å². The molecule has 0 saturated carbocycles. The third kappa shape index (κ3) is 2.23. The number of benzene rings is 2. The van der Waals surface area contributed by atoms with Gasteiger partial charge in [0.1, 0.15) is 5.39 Å². The number of hydrogen-bond donors (Lipinski definition) is 1. The summed E-state index contributed by atoms with van der Waals surface area (Å²) in [6.45, 7) is 0. The molecule has 0 amide bonds. The van der Waals surface area contributed by atoms with E-state index in [-0.39, 0.29) is 12.1 Å². The smallest absolute Gasteiger partial charge is 0.318 e. The van der Waals surface area contributed by atoms with Crippen LogP contribution in [0.4, 0.5) is 22.7 Å². The van der Waals surface area contributed by atoms with E-state index in [1.807, 2.05) is 0 Å². The van der Waals surface area contributed by atoms with E-state index < -0.39 is 64.7 Å². The van der Waals surface area contributed by atoms with Crippen molar-refractivity contribution in [2.24, 2.45) is 0 Å². The molecule has 0 saturated heterocycles. The summed E-state index contributed by atoms with van der Waals surface area (Å²) in [4.78, 5) is 38.7. The number of rotatable bonds is 4. The fourth-order valence-electron chi connectivity index (χ4n) is 2.08. The Morgan fingerprint density at radius 2 is 1.04 bits per heavy atom. The summed E-state index contributed by atoms with van der Waals surface area (Å²) < 4.78 is 0. The van der Waals surface area contributed by atoms with E-state index in [0.717, 1.165) is 0 Å². The molecule has 0 bridgehead atoms. The van der Waals surface area contributed by atoms with E-state index in [1.165, 1.54) is 0 Å². The zero-order valence-electron chi connectivity index (χ0n) is 11.1. The van der Waals surface area contributed by atoms with Gasteiger partial charge in [-0.05, 0) is 5.75 Å². The molecule has 0 fully saturated rings. The van der Waals surface area contributed by atoms with Crippen LogP contribution in [0.15, 0.2) is 12.1 Å². The van der Waals surface area contributed by atoms with E-state index in [4.69, 9.17) is 0 Å². The van der Waals surface area contributed by atoms with E-state index in [2.05, 4.69) is 0 Å². The average Bonchev–Trinajstić information content (AvgIpc) is 2.46. The van der Waals surface area contributed by atoms with Crippen molar-refractivity contribution < 1.29 is 29.9 Å². The lowest BCUT2D eigenvalue weighted by molar-refractivity contribution is -0.403. The first-order valence-corrected chi connectivity index (χ1v) is 5.69. The van der Waals surface area contributed by atoms with Gasteiger partial charge in [0.25, 0.3) is 17.1 Å². The average molecular weight is 339 g/mol. The van der Waals surface area contributed by atoms with E-state index in [9.17, 15) is 50.7 Å². The number of phenolic OH excluding ortho intramolecular Hbond substituents is 1. The second-order valence-electron chi connectivity index (χ2n) is 4.29. The molecule has 0 unspecified atom stereocenters. The van der Waals surface area contributed by atoms with Crippen LogP contribution in [0.2, 0.25) is 0 Å². The van der Waals surface area contributed by atoms with Gasteiger partial charge < -0.3 is 10.2 Å². The van der Waals surface area contributed by atoms with Gasteiger partial charge >= 0.3 is 5.69 Å². The standard InChI is InChI=1S/C10H4N4O10/c15-9-5(13(21)22)1-3(11(17)18)7-8(9)4(12(19)20)2-6(10(7)16)14(23)24/h1-2,15-16H/p-1. The van der Waals surface area contributed by atoms with Crippen molar-refractivity contribution in [2.75, 3.05) is 0 Å². The normalized spacial score (nSPS) is 10.5. The minimum absolute atomic E-state index is 0.178. The first-order chi connectivity index (χ1) is 11.1. The predicted molar refractivity (Wildman–Crippen MR) is 71.7 cm³/mol. The molecule has 2 aromatic carbocycles. The summed E-state index contributed by atoms with van der Waals surface area (Å²) in [6, 6.07) is 0.379. The van der Waals surface area contributed by atoms with Crippen molar-refractivity contribution in [2.45, 2.75) is 0 Å². The zero-order chi connectivity index (χ0) is 18.3. The molecule has 1 N–H and O–H groups in total. The van der Waals surface area contributed by atoms with E-state index in [0.29, 0.717) is 0 Å². The van der Waals surface area contributed by atoms with Gasteiger partial charge in [-0.25, -0.2) is 0 Å². The number of hydrogen-bond acceptors (Lipinski definition) is 10. The fraction of sp³-hybridized carbons (Fsp3) is 0. The molecule has 0 heterocycles. The second-order valence-corrected chi connectivity index (χ2v) is 4.29. The lowest BCUT2D eigenvalue weighted by atomic mass is 10.0. The van der Waals surface area contributed by atoms with Gasteiger partial charge in [0, 0.05) is 0 Å². The summed E-state index contributed by atoms with van der Waals surface area (Å²) in [6.07, 6.45) is 0. The molecule has 0 aliphatic carbocycles. The van der Waals surface area contributed by atoms with Gasteiger partial charge in [0.05, 0.1) is 37.2 Å². The summed E-state index contributed by atoms with van der Waals surface area (Å²) in [5.41, 5.74) is -5.12. The van der Waals surface area contributed by atoms with Crippen LogP contribution in [0, 0.1) is 40.5 Å². The SMILES string of the molecule is O=[N+]([O-])c1cc([N+](=O)[O-])c2c(O)c([N+](=O)[O-])cc([N+](=O)[O-])c2c1[O-]. The molecule has 0 aromatic heterocycles. The van der Waals surface area contributed by atoms with Crippen molar-refractivity contribution >= 4 is 33.5 Å². The Kier molecular flexibility index (Phi) is 3.57. The van der Waals surface area contributed by atoms with E-state index >= 15 is 0 Å². The lowest BCUT2D eigenvalue weighted by Gasteiger charge is -2.12. The van der Waals surface area contributed by atoms with Crippen LogP contribution in [0.1, 0.15) is 0 Å². The molecule has 0 spiro atoms. The third-order valence-electron chi connectivity index (χ3n) is 3.04. The number of fused-ring (bicyclic) bond motifs is 1. The fourth-order valence-corrected chi connectivity index (χ4v) is 2.08. The van der Waals surface area contributed by atoms with Gasteiger partial charge in [-0.2, -0.15) is 0 Å². The highest BCUT2D eigenvalue weighted by atomic mass is 16.6. The molecule has 0 aliphatic heterocycles. The Balaban J connectivity index is 3.25. The lowest BCUT2D eigenvalue weighted by Crippen LogP contribution is -2.04. The number of nitrogens with zero attached hydrogens (tertiary/aromatic N) is 4. The van der Waals surface area contributed by atoms with Crippen molar-refractivity contribution in [3.05, 3.63) is 52.6 Å². The highest BCUT2D eigenvalue weighted by Crippen LogP contribution is 2.50. The van der Waals surface area contributed by atoms with Crippen molar-refractivity contribution in [3.8, 4) is 11.5 Å². The molecule has 124 valence electrons. The first-order valence-electron chi connectivity index (χ1n) is 5.69. The van der Waals surface area contributed by atoms with Gasteiger partial charge in [0.2, 0.25) is 5.75 Å². The molecular weight excluding hydrogens is 336 g/mol. The number of non-ortho nitro benzene ring substituents is 2. The number of nitro benzene ring substituents is 4. The maximum Gasteiger partial charge on any atom is 0.318 e. The minimum atomic E-state index is -1.59. The summed E-state index contributed by atoms with van der Waals surface area (Å²) in [7, 11) is 0. The van der Waals surface area contributed by atoms with Crippen molar-refractivity contribution in [1.29, 1.82) is 0 Å². The van der Waals surface area contributed by atoms with Gasteiger partial charge in [-0.1, -0.05) is 0 Å². The Morgan fingerprint density at radius 3 is 1.46 bits per heavy atom. The molecule has 14 nitrogen and oxygen atoms in total. The number of phenols is 1. The summed E-state index contributed by atoms with van der Waals surface area (Å²) >= 11 is 0. The van der Waals surface area contributed by atoms with Crippen LogP contribution in [0.3, 0.4) is 0 Å². The van der Waals surface area contributed by atoms with Crippen LogP contribution < -0.4 is 5.11 Å². The van der Waals surface area contributed by atoms with Crippen molar-refractivity contribution in [1.82, 2.24) is 0 Å². The largest absolute Gasteiger partial charge is 0.867 e. The Morgan fingerprint density at radius 1 is 0.667 bits per heavy atom. The first kappa shape index (κ1) is 16.3. The molecule has 14 heteroatoms. The summed E-state index contributed by atoms with van der Waals surface area (Å²) in [5, 5.41) is 63.4. The second kappa shape index (κ2) is 5.27. The van der Waals surface area contributed by atoms with Crippen LogP contribution in [-0.2, 0) is 0 Å². The van der Waals surface area contributed by atoms with E-state index in [1.54, 1.807) is 0 Å². The van der Waals surface area contributed by atoms with Crippen LogP contribution in [-0.4, -0.2) is 24.8 Å². The maximum atomic E-state index is 12.1. The molecule has 0 aliphatic rings. The number of nitro groups is 4. The van der Waals surface area contributed by atoms with Gasteiger partial charge in [-0.15, -0.1) is 0 Å². The quantitative estimate of drug-likeness (QED) is 0.620. The van der Waals surface area contributed by atoms with Crippen molar-refractivity contribution in [3.63, 3.8) is 0 Å². The summed E-state index contributed by atoms with van der Waals surface area (Å²) in [5.74, 6) is -2.96. The molecular formula is C10H3N4O10-. The topological polar surface area (TPSA) is 216 Å². The minimum Gasteiger partial charge on any atom is -0.867 e. The Bertz CT molecular complexity index is 876. The highest BCUT2D eigenvalue weighted by molar-refractivity contribution is 6.09. The van der Waals surface area contributed by atoms with Gasteiger partial charge in [0.15, 0.2) is 0 Å².